The molecule has 0 aliphatic carbocycles. The highest BCUT2D eigenvalue weighted by Crippen LogP contribution is 2.12. The van der Waals surface area contributed by atoms with Crippen molar-refractivity contribution in [1.29, 1.82) is 0 Å². The minimum atomic E-state index is -0.547. The maximum Gasteiger partial charge on any atom is 0.337 e. The smallest absolute Gasteiger partial charge is 0.337 e. The molecule has 2 aromatic rings. The summed E-state index contributed by atoms with van der Waals surface area (Å²) in [4.78, 5) is 37.2. The number of carbonyl (C=O) groups is 2. The minimum absolute atomic E-state index is 0.00373. The van der Waals surface area contributed by atoms with Crippen molar-refractivity contribution in [2.45, 2.75) is 0 Å². The van der Waals surface area contributed by atoms with Crippen molar-refractivity contribution in [3.63, 3.8) is 0 Å². The molecule has 0 saturated heterocycles. The van der Waals surface area contributed by atoms with Crippen molar-refractivity contribution in [1.82, 2.24) is 4.98 Å². The lowest BCUT2D eigenvalue weighted by Gasteiger charge is -2.06. The Labute approximate surface area is 114 Å². The van der Waals surface area contributed by atoms with Crippen LogP contribution in [0, 0.1) is 0 Å². The molecule has 2 rings (SSSR count). The molecule has 1 heterocycles. The number of methoxy groups -OCH3 is 1. The molecule has 1 aromatic carbocycles. The molecule has 1 amide bonds. The number of amides is 1. The van der Waals surface area contributed by atoms with Gasteiger partial charge < -0.3 is 15.0 Å². The molecule has 0 unspecified atom stereocenters. The Morgan fingerprint density at radius 3 is 2.70 bits per heavy atom. The molecule has 0 saturated carbocycles. The number of ether oxygens (including phenoxy) is 1. The van der Waals surface area contributed by atoms with Crippen LogP contribution in [0.4, 0.5) is 5.69 Å². The first-order chi connectivity index (χ1) is 9.61. The highest BCUT2D eigenvalue weighted by molar-refractivity contribution is 6.04. The molecule has 2 N–H and O–H groups in total. The molecular formula is C14H12N2O4. The maximum absolute atomic E-state index is 11.9. The summed E-state index contributed by atoms with van der Waals surface area (Å²) >= 11 is 0. The van der Waals surface area contributed by atoms with Gasteiger partial charge in [-0.05, 0) is 30.3 Å². The Balaban J connectivity index is 2.22. The Bertz CT molecular complexity index is 706. The van der Waals surface area contributed by atoms with Gasteiger partial charge in [-0.15, -0.1) is 0 Å². The topological polar surface area (TPSA) is 88.3 Å². The third kappa shape index (κ3) is 2.92. The van der Waals surface area contributed by atoms with E-state index >= 15 is 0 Å². The largest absolute Gasteiger partial charge is 0.465 e. The Kier molecular flexibility index (Phi) is 3.95. The first-order valence-corrected chi connectivity index (χ1v) is 5.79. The van der Waals surface area contributed by atoms with Crippen LogP contribution in [-0.2, 0) is 4.74 Å². The summed E-state index contributed by atoms with van der Waals surface area (Å²) in [7, 11) is 1.27. The Morgan fingerprint density at radius 1 is 1.20 bits per heavy atom. The van der Waals surface area contributed by atoms with Crippen LogP contribution in [0.25, 0.3) is 0 Å². The molecule has 0 spiro atoms. The normalized spacial score (nSPS) is 9.85. The predicted octanol–water partition coefficient (Wildman–Crippen LogP) is 1.41. The quantitative estimate of drug-likeness (QED) is 0.827. The monoisotopic (exact) mass is 272 g/mol. The zero-order valence-electron chi connectivity index (χ0n) is 10.7. The molecule has 0 radical (unpaired) electrons. The van der Waals surface area contributed by atoms with Gasteiger partial charge in [0, 0.05) is 11.9 Å². The van der Waals surface area contributed by atoms with Gasteiger partial charge in [-0.1, -0.05) is 6.07 Å². The van der Waals surface area contributed by atoms with Crippen LogP contribution < -0.4 is 10.9 Å². The van der Waals surface area contributed by atoms with E-state index in [9.17, 15) is 14.4 Å². The van der Waals surface area contributed by atoms with Gasteiger partial charge in [-0.25, -0.2) is 4.79 Å². The zero-order chi connectivity index (χ0) is 14.5. The average Bonchev–Trinajstić information content (AvgIpc) is 2.47. The molecule has 0 bridgehead atoms. The van der Waals surface area contributed by atoms with Crippen LogP contribution >= 0.6 is 0 Å². The van der Waals surface area contributed by atoms with E-state index in [2.05, 4.69) is 15.0 Å². The molecule has 0 atom stereocenters. The number of anilines is 1. The van der Waals surface area contributed by atoms with E-state index in [1.807, 2.05) is 0 Å². The molecule has 0 fully saturated rings. The molecule has 0 aliphatic rings. The van der Waals surface area contributed by atoms with E-state index in [0.717, 1.165) is 0 Å². The number of carbonyl (C=O) groups excluding carboxylic acids is 2. The first-order valence-electron chi connectivity index (χ1n) is 5.79. The summed E-state index contributed by atoms with van der Waals surface area (Å²) in [5.74, 6) is -1.05. The van der Waals surface area contributed by atoms with Gasteiger partial charge >= 0.3 is 5.97 Å². The van der Waals surface area contributed by atoms with E-state index in [-0.39, 0.29) is 5.56 Å². The molecule has 20 heavy (non-hydrogen) atoms. The summed E-state index contributed by atoms with van der Waals surface area (Å²) in [5, 5.41) is 2.55. The van der Waals surface area contributed by atoms with Crippen molar-refractivity contribution in [3.05, 3.63) is 64.1 Å². The van der Waals surface area contributed by atoms with E-state index in [0.29, 0.717) is 11.3 Å². The standard InChI is InChI=1S/C14H12N2O4/c1-20-14(19)9-4-2-5-10(8-9)16-13(18)11-6-3-7-15-12(11)17/h2-8H,1H3,(H,15,17)(H,16,18). The summed E-state index contributed by atoms with van der Waals surface area (Å²) in [5.41, 5.74) is 0.235. The molecule has 6 nitrogen and oxygen atoms in total. The number of rotatable bonds is 3. The van der Waals surface area contributed by atoms with Gasteiger partial charge in [-0.2, -0.15) is 0 Å². The van der Waals surface area contributed by atoms with Crippen molar-refractivity contribution < 1.29 is 14.3 Å². The lowest BCUT2D eigenvalue weighted by atomic mass is 10.2. The third-order valence-electron chi connectivity index (χ3n) is 2.60. The van der Waals surface area contributed by atoms with E-state index < -0.39 is 17.4 Å². The average molecular weight is 272 g/mol. The SMILES string of the molecule is COC(=O)c1cccc(NC(=O)c2ccc[nH]c2=O)c1. The van der Waals surface area contributed by atoms with Gasteiger partial charge in [-0.3, -0.25) is 9.59 Å². The van der Waals surface area contributed by atoms with E-state index in [4.69, 9.17) is 0 Å². The van der Waals surface area contributed by atoms with Crippen molar-refractivity contribution in [2.24, 2.45) is 0 Å². The fourth-order valence-corrected chi connectivity index (χ4v) is 1.64. The molecule has 1 aromatic heterocycles. The second kappa shape index (κ2) is 5.83. The maximum atomic E-state index is 11.9. The summed E-state index contributed by atoms with van der Waals surface area (Å²) in [6.07, 6.45) is 1.44. The number of pyridine rings is 1. The second-order valence-corrected chi connectivity index (χ2v) is 3.94. The zero-order valence-corrected chi connectivity index (χ0v) is 10.7. The fraction of sp³-hybridized carbons (Fsp3) is 0.0714. The number of esters is 1. The van der Waals surface area contributed by atoms with Crippen molar-refractivity contribution in [3.8, 4) is 0 Å². The van der Waals surface area contributed by atoms with Crippen LogP contribution in [-0.4, -0.2) is 24.0 Å². The van der Waals surface area contributed by atoms with Crippen LogP contribution in [0.15, 0.2) is 47.4 Å². The van der Waals surface area contributed by atoms with Crippen LogP contribution in [0.1, 0.15) is 20.7 Å². The Hall–Kier alpha value is -2.89. The van der Waals surface area contributed by atoms with Crippen molar-refractivity contribution in [2.75, 3.05) is 12.4 Å². The number of aromatic amines is 1. The van der Waals surface area contributed by atoms with E-state index in [1.165, 1.54) is 25.4 Å². The highest BCUT2D eigenvalue weighted by Gasteiger charge is 2.11. The van der Waals surface area contributed by atoms with Gasteiger partial charge in [0.15, 0.2) is 0 Å². The number of aromatic nitrogens is 1. The molecule has 102 valence electrons. The number of nitrogens with one attached hydrogen (secondary N) is 2. The molecular weight excluding hydrogens is 260 g/mol. The van der Waals surface area contributed by atoms with Crippen molar-refractivity contribution >= 4 is 17.6 Å². The molecule has 6 heteroatoms. The van der Waals surface area contributed by atoms with Gasteiger partial charge in [0.2, 0.25) is 0 Å². The van der Waals surface area contributed by atoms with Gasteiger partial charge in [0.25, 0.3) is 11.5 Å². The van der Waals surface area contributed by atoms with Crippen LogP contribution in [0.5, 0.6) is 0 Å². The molecule has 0 aliphatic heterocycles. The third-order valence-corrected chi connectivity index (χ3v) is 2.60. The predicted molar refractivity (Wildman–Crippen MR) is 72.8 cm³/mol. The minimum Gasteiger partial charge on any atom is -0.465 e. The lowest BCUT2D eigenvalue weighted by molar-refractivity contribution is 0.0600. The summed E-state index contributed by atoms with van der Waals surface area (Å²) < 4.78 is 4.59. The fourth-order valence-electron chi connectivity index (χ4n) is 1.64. The first kappa shape index (κ1) is 13.5. The summed E-state index contributed by atoms with van der Waals surface area (Å²) in [6.45, 7) is 0. The van der Waals surface area contributed by atoms with Crippen LogP contribution in [0.3, 0.4) is 0 Å². The Morgan fingerprint density at radius 2 is 2.00 bits per heavy atom. The van der Waals surface area contributed by atoms with E-state index in [1.54, 1.807) is 24.3 Å². The van der Waals surface area contributed by atoms with Crippen LogP contribution in [0.2, 0.25) is 0 Å². The lowest BCUT2D eigenvalue weighted by Crippen LogP contribution is -2.22. The highest BCUT2D eigenvalue weighted by atomic mass is 16.5. The van der Waals surface area contributed by atoms with Gasteiger partial charge in [0.1, 0.15) is 5.56 Å². The number of benzene rings is 1. The number of hydrogen-bond donors (Lipinski definition) is 2. The number of H-pyrrole nitrogens is 1. The van der Waals surface area contributed by atoms with Gasteiger partial charge in [0.05, 0.1) is 12.7 Å². The number of hydrogen-bond acceptors (Lipinski definition) is 4. The second-order valence-electron chi connectivity index (χ2n) is 3.94. The summed E-state index contributed by atoms with van der Waals surface area (Å²) in [6, 6.07) is 9.23.